The first-order valence-corrected chi connectivity index (χ1v) is 10.9. The number of amides is 1. The van der Waals surface area contributed by atoms with Gasteiger partial charge in [-0.2, -0.15) is 0 Å². The number of fused-ring (bicyclic) bond motifs is 1. The minimum atomic E-state index is -0.731. The fourth-order valence-corrected chi connectivity index (χ4v) is 4.01. The smallest absolute Gasteiger partial charge is 0.349 e. The zero-order valence-electron chi connectivity index (χ0n) is 16.7. The maximum Gasteiger partial charge on any atom is 0.349 e. The Morgan fingerprint density at radius 2 is 2.06 bits per heavy atom. The van der Waals surface area contributed by atoms with E-state index in [1.807, 2.05) is 6.26 Å². The van der Waals surface area contributed by atoms with Crippen LogP contribution in [-0.2, 0) is 0 Å². The van der Waals surface area contributed by atoms with Crippen molar-refractivity contribution in [2.24, 2.45) is 4.99 Å². The van der Waals surface area contributed by atoms with Gasteiger partial charge in [0.2, 0.25) is 0 Å². The zero-order chi connectivity index (χ0) is 22.0. The van der Waals surface area contributed by atoms with Crippen LogP contribution in [0.5, 0.6) is 11.5 Å². The first-order chi connectivity index (χ1) is 14.9. The van der Waals surface area contributed by atoms with Crippen LogP contribution in [0.1, 0.15) is 15.9 Å². The standard InChI is InChI=1S/C22H19N3O5S/c1-29-15-7-8-18-14(9-15)10-16(21(28)30-18)20(27)24-19-12-31(2)22(25-19)23-11-13-5-3-4-6-17(13)26/h3-12,25-26H,1-2H3,(H,24,27)/b23-11+. The number of hydrogen-bond acceptors (Lipinski definition) is 7. The molecule has 1 aliphatic rings. The molecule has 1 amide bonds. The molecule has 8 nitrogen and oxygen atoms in total. The summed E-state index contributed by atoms with van der Waals surface area (Å²) < 4.78 is 10.4. The summed E-state index contributed by atoms with van der Waals surface area (Å²) in [5.74, 6) is 0.539. The van der Waals surface area contributed by atoms with Gasteiger partial charge >= 0.3 is 5.63 Å². The van der Waals surface area contributed by atoms with E-state index in [0.717, 1.165) is 0 Å². The van der Waals surface area contributed by atoms with Crippen LogP contribution in [0.4, 0.5) is 0 Å². The third kappa shape index (κ3) is 4.36. The van der Waals surface area contributed by atoms with E-state index in [9.17, 15) is 14.7 Å². The number of aliphatic imine (C=N–C) groups is 1. The first-order valence-electron chi connectivity index (χ1n) is 9.20. The summed E-state index contributed by atoms with van der Waals surface area (Å²) in [4.78, 5) is 29.3. The van der Waals surface area contributed by atoms with Crippen LogP contribution in [-0.4, -0.2) is 35.7 Å². The molecule has 1 unspecified atom stereocenters. The topological polar surface area (TPSA) is 113 Å². The molecule has 0 aliphatic carbocycles. The Kier molecular flexibility index (Phi) is 5.59. The number of hydrogen-bond donors (Lipinski definition) is 3. The number of carbonyl (C=O) groups is 1. The SMILES string of the molecule is COc1ccc2oc(=O)c(C(=O)NC3=CS(C)=C(/N=C/c4ccccc4O)N3)cc2c1. The number of phenols is 1. The van der Waals surface area contributed by atoms with Crippen molar-refractivity contribution in [3.8, 4) is 11.5 Å². The molecule has 0 bridgehead atoms. The van der Waals surface area contributed by atoms with Gasteiger partial charge in [-0.05, 0) is 42.7 Å². The molecule has 0 saturated heterocycles. The molecule has 1 atom stereocenters. The molecule has 4 rings (SSSR count). The van der Waals surface area contributed by atoms with Gasteiger partial charge < -0.3 is 24.9 Å². The van der Waals surface area contributed by atoms with Gasteiger partial charge in [0.25, 0.3) is 5.91 Å². The average Bonchev–Trinajstić information content (AvgIpc) is 3.11. The molecule has 0 spiro atoms. The predicted octanol–water partition coefficient (Wildman–Crippen LogP) is 2.74. The molecule has 0 saturated carbocycles. The van der Waals surface area contributed by atoms with Gasteiger partial charge in [0, 0.05) is 22.6 Å². The summed E-state index contributed by atoms with van der Waals surface area (Å²) in [6.07, 6.45) is 3.48. The predicted molar refractivity (Wildman–Crippen MR) is 122 cm³/mol. The number of para-hydroxylation sites is 1. The molecule has 31 heavy (non-hydrogen) atoms. The van der Waals surface area contributed by atoms with Gasteiger partial charge in [0.15, 0.2) is 5.11 Å². The quantitative estimate of drug-likeness (QED) is 0.329. The highest BCUT2D eigenvalue weighted by molar-refractivity contribution is 8.18. The molecule has 158 valence electrons. The number of carbonyl (C=O) groups excluding carboxylic acids is 1. The summed E-state index contributed by atoms with van der Waals surface area (Å²) in [6.45, 7) is 0. The van der Waals surface area contributed by atoms with Gasteiger partial charge in [0.05, 0.1) is 7.11 Å². The number of benzene rings is 2. The van der Waals surface area contributed by atoms with Gasteiger partial charge in [-0.3, -0.25) is 4.79 Å². The second-order valence-electron chi connectivity index (χ2n) is 6.64. The molecular weight excluding hydrogens is 418 g/mol. The normalized spacial score (nSPS) is 15.7. The van der Waals surface area contributed by atoms with E-state index < -0.39 is 22.0 Å². The van der Waals surface area contributed by atoms with Crippen molar-refractivity contribution in [2.45, 2.75) is 0 Å². The molecule has 0 fully saturated rings. The molecule has 3 aromatic rings. The van der Waals surface area contributed by atoms with Gasteiger partial charge in [0.1, 0.15) is 28.5 Å². The number of rotatable bonds is 4. The van der Waals surface area contributed by atoms with Crippen molar-refractivity contribution in [2.75, 3.05) is 13.4 Å². The van der Waals surface area contributed by atoms with Crippen LogP contribution >= 0.6 is 10.5 Å². The Hall–Kier alpha value is -3.85. The summed E-state index contributed by atoms with van der Waals surface area (Å²) in [5, 5.41) is 18.6. The maximum atomic E-state index is 12.7. The molecule has 2 aromatic carbocycles. The van der Waals surface area contributed by atoms with E-state index in [1.54, 1.807) is 54.1 Å². The second-order valence-corrected chi connectivity index (χ2v) is 8.38. The highest BCUT2D eigenvalue weighted by Crippen LogP contribution is 2.22. The minimum absolute atomic E-state index is 0.120. The van der Waals surface area contributed by atoms with Crippen LogP contribution in [0.15, 0.2) is 74.0 Å². The van der Waals surface area contributed by atoms with Crippen LogP contribution in [0.2, 0.25) is 0 Å². The van der Waals surface area contributed by atoms with Crippen molar-refractivity contribution in [1.82, 2.24) is 10.6 Å². The van der Waals surface area contributed by atoms with Crippen molar-refractivity contribution in [3.05, 3.63) is 81.3 Å². The average molecular weight is 437 g/mol. The zero-order valence-corrected chi connectivity index (χ0v) is 17.5. The lowest BCUT2D eigenvalue weighted by Crippen LogP contribution is -2.34. The summed E-state index contributed by atoms with van der Waals surface area (Å²) in [5.41, 5.74) is 0.0944. The highest BCUT2D eigenvalue weighted by Gasteiger charge is 2.18. The Morgan fingerprint density at radius 1 is 1.26 bits per heavy atom. The van der Waals surface area contributed by atoms with E-state index in [2.05, 4.69) is 15.6 Å². The fraction of sp³-hybridized carbons (Fsp3) is 0.0909. The number of aromatic hydroxyl groups is 1. The molecule has 1 aromatic heterocycles. The lowest BCUT2D eigenvalue weighted by Gasteiger charge is -2.08. The van der Waals surface area contributed by atoms with Crippen molar-refractivity contribution >= 4 is 38.7 Å². The van der Waals surface area contributed by atoms with Gasteiger partial charge in [-0.1, -0.05) is 12.1 Å². The van der Waals surface area contributed by atoms with E-state index in [1.165, 1.54) is 13.2 Å². The van der Waals surface area contributed by atoms with Crippen molar-refractivity contribution < 1.29 is 19.1 Å². The van der Waals surface area contributed by atoms with E-state index in [0.29, 0.717) is 33.2 Å². The van der Waals surface area contributed by atoms with E-state index in [4.69, 9.17) is 9.15 Å². The van der Waals surface area contributed by atoms with Crippen LogP contribution in [0, 0.1) is 0 Å². The Labute approximate surface area is 179 Å². The number of nitrogens with zero attached hydrogens (tertiary/aromatic N) is 1. The fourth-order valence-electron chi connectivity index (χ4n) is 2.94. The molecule has 9 heteroatoms. The number of phenolic OH excluding ortho intramolecular Hbond substituents is 1. The summed E-state index contributed by atoms with van der Waals surface area (Å²) in [6, 6.07) is 13.3. The summed E-state index contributed by atoms with van der Waals surface area (Å²) >= 11 is 0. The third-order valence-corrected chi connectivity index (χ3v) is 5.94. The third-order valence-electron chi connectivity index (χ3n) is 4.53. The van der Waals surface area contributed by atoms with Crippen molar-refractivity contribution in [1.29, 1.82) is 0 Å². The Morgan fingerprint density at radius 3 is 2.84 bits per heavy atom. The number of ether oxygens (including phenoxy) is 1. The number of nitrogens with one attached hydrogen (secondary N) is 2. The summed E-state index contributed by atoms with van der Waals surface area (Å²) in [7, 11) is 1.14. The van der Waals surface area contributed by atoms with Crippen LogP contribution in [0.25, 0.3) is 11.0 Å². The highest BCUT2D eigenvalue weighted by atomic mass is 32.2. The van der Waals surface area contributed by atoms with Crippen LogP contribution < -0.4 is 21.0 Å². The lowest BCUT2D eigenvalue weighted by molar-refractivity contribution is 0.0961. The van der Waals surface area contributed by atoms with Crippen LogP contribution in [0.3, 0.4) is 0 Å². The molecule has 3 N–H and O–H groups in total. The monoisotopic (exact) mass is 437 g/mol. The molecule has 0 radical (unpaired) electrons. The van der Waals surface area contributed by atoms with E-state index in [-0.39, 0.29) is 11.3 Å². The van der Waals surface area contributed by atoms with Gasteiger partial charge in [-0.25, -0.2) is 9.79 Å². The first kappa shape index (κ1) is 20.4. The maximum absolute atomic E-state index is 12.7. The van der Waals surface area contributed by atoms with Crippen molar-refractivity contribution in [3.63, 3.8) is 0 Å². The molecular formula is C22H19N3O5S. The minimum Gasteiger partial charge on any atom is -0.507 e. The van der Waals surface area contributed by atoms with Gasteiger partial charge in [-0.15, -0.1) is 10.5 Å². The Balaban J connectivity index is 1.50. The largest absolute Gasteiger partial charge is 0.507 e. The molecule has 1 aliphatic heterocycles. The second kappa shape index (κ2) is 8.49. The van der Waals surface area contributed by atoms with E-state index >= 15 is 0 Å². The molecule has 2 heterocycles. The Bertz CT molecular complexity index is 1340. The number of methoxy groups -OCH3 is 1. The lowest BCUT2D eigenvalue weighted by atomic mass is 10.1.